The monoisotopic (exact) mass is 306 g/mol. The van der Waals surface area contributed by atoms with Gasteiger partial charge in [-0.1, -0.05) is 0 Å². The number of carbonyl (C=O) groups is 4. The van der Waals surface area contributed by atoms with Gasteiger partial charge in [0.1, 0.15) is 6.04 Å². The average molecular weight is 306 g/mol. The van der Waals surface area contributed by atoms with E-state index in [1.54, 1.807) is 0 Å². The number of nitrogens with one attached hydrogen (secondary N) is 2. The van der Waals surface area contributed by atoms with Crippen molar-refractivity contribution in [1.82, 2.24) is 10.6 Å². The van der Waals surface area contributed by atoms with Crippen molar-refractivity contribution in [2.45, 2.75) is 25.3 Å². The first-order valence-corrected chi connectivity index (χ1v) is 6.51. The summed E-state index contributed by atoms with van der Waals surface area (Å²) in [7, 11) is 1.36. The summed E-state index contributed by atoms with van der Waals surface area (Å²) in [6.45, 7) is 0. The maximum atomic E-state index is 11.8. The van der Waals surface area contributed by atoms with E-state index in [-0.39, 0.29) is 18.6 Å². The second-order valence-electron chi connectivity index (χ2n) is 4.09. The highest BCUT2D eigenvalue weighted by Crippen LogP contribution is 2.08. The summed E-state index contributed by atoms with van der Waals surface area (Å²) in [6, 6.07) is -1.01. The van der Waals surface area contributed by atoms with Gasteiger partial charge in [-0.25, -0.2) is 0 Å². The van der Waals surface area contributed by atoms with Crippen molar-refractivity contribution < 1.29 is 29.4 Å². The molecule has 2 unspecified atom stereocenters. The molecule has 0 saturated carbocycles. The van der Waals surface area contributed by atoms with Crippen LogP contribution in [0.4, 0.5) is 0 Å². The topological polar surface area (TPSA) is 133 Å². The van der Waals surface area contributed by atoms with Gasteiger partial charge >= 0.3 is 11.9 Å². The van der Waals surface area contributed by atoms with E-state index in [0.717, 1.165) is 0 Å². The van der Waals surface area contributed by atoms with E-state index in [4.69, 9.17) is 10.2 Å². The Morgan fingerprint density at radius 1 is 1.10 bits per heavy atom. The zero-order valence-corrected chi connectivity index (χ0v) is 11.9. The zero-order valence-electron chi connectivity index (χ0n) is 11.0. The fourth-order valence-electron chi connectivity index (χ4n) is 1.45. The quantitative estimate of drug-likeness (QED) is 0.351. The van der Waals surface area contributed by atoms with Crippen molar-refractivity contribution >= 4 is 36.4 Å². The predicted molar refractivity (Wildman–Crippen MR) is 72.5 cm³/mol. The molecule has 0 saturated heterocycles. The number of carboxylic acids is 2. The van der Waals surface area contributed by atoms with E-state index >= 15 is 0 Å². The summed E-state index contributed by atoms with van der Waals surface area (Å²) in [5.74, 6) is -4.29. The van der Waals surface area contributed by atoms with E-state index in [1.165, 1.54) is 7.05 Å². The van der Waals surface area contributed by atoms with Crippen LogP contribution in [-0.4, -0.2) is 52.8 Å². The molecule has 0 heterocycles. The Balaban J connectivity index is 4.68. The molecule has 0 rings (SSSR count). The first-order valence-electron chi connectivity index (χ1n) is 5.88. The SMILES string of the molecule is CNC(=O)C(CCC(=O)O)NC(=O)C(CS)CC(=O)O. The van der Waals surface area contributed by atoms with Crippen molar-refractivity contribution in [2.24, 2.45) is 5.92 Å². The maximum absolute atomic E-state index is 11.8. The molecular formula is C11H18N2O6S. The molecule has 0 bridgehead atoms. The number of hydrogen-bond donors (Lipinski definition) is 5. The Bertz CT molecular complexity index is 387. The minimum Gasteiger partial charge on any atom is -0.481 e. The third kappa shape index (κ3) is 6.98. The van der Waals surface area contributed by atoms with Gasteiger partial charge in [-0.3, -0.25) is 19.2 Å². The predicted octanol–water partition coefficient (Wildman–Crippen LogP) is -0.897. The molecule has 0 aliphatic carbocycles. The van der Waals surface area contributed by atoms with Crippen LogP contribution in [0.25, 0.3) is 0 Å². The smallest absolute Gasteiger partial charge is 0.304 e. The lowest BCUT2D eigenvalue weighted by molar-refractivity contribution is -0.141. The van der Waals surface area contributed by atoms with Gasteiger partial charge < -0.3 is 20.8 Å². The standard InChI is InChI=1S/C11H18N2O6S/c1-12-11(19)7(2-3-8(14)15)13-10(18)6(5-20)4-9(16)17/h6-7,20H,2-5H2,1H3,(H,12,19)(H,13,18)(H,14,15)(H,16,17). The van der Waals surface area contributed by atoms with Gasteiger partial charge in [0, 0.05) is 19.2 Å². The molecule has 2 amide bonds. The van der Waals surface area contributed by atoms with Crippen molar-refractivity contribution in [3.05, 3.63) is 0 Å². The normalized spacial score (nSPS) is 13.1. The number of likely N-dealkylation sites (N-methyl/N-ethyl adjacent to an activating group) is 1. The number of amides is 2. The maximum Gasteiger partial charge on any atom is 0.304 e. The van der Waals surface area contributed by atoms with Crippen LogP contribution in [0.3, 0.4) is 0 Å². The van der Waals surface area contributed by atoms with E-state index in [2.05, 4.69) is 23.3 Å². The van der Waals surface area contributed by atoms with E-state index < -0.39 is 42.1 Å². The highest BCUT2D eigenvalue weighted by molar-refractivity contribution is 7.80. The Hall–Kier alpha value is -1.77. The minimum absolute atomic E-state index is 0.0114. The molecule has 20 heavy (non-hydrogen) atoms. The minimum atomic E-state index is -1.15. The van der Waals surface area contributed by atoms with E-state index in [0.29, 0.717) is 0 Å². The Morgan fingerprint density at radius 2 is 1.70 bits per heavy atom. The van der Waals surface area contributed by atoms with Crippen LogP contribution >= 0.6 is 12.6 Å². The highest BCUT2D eigenvalue weighted by atomic mass is 32.1. The first-order chi connectivity index (χ1) is 9.31. The van der Waals surface area contributed by atoms with Gasteiger partial charge in [0.25, 0.3) is 0 Å². The van der Waals surface area contributed by atoms with Crippen molar-refractivity contribution in [2.75, 3.05) is 12.8 Å². The fourth-order valence-corrected chi connectivity index (χ4v) is 1.75. The van der Waals surface area contributed by atoms with Crippen LogP contribution in [0.5, 0.6) is 0 Å². The summed E-state index contributed by atoms with van der Waals surface area (Å²) in [5, 5.41) is 21.9. The summed E-state index contributed by atoms with van der Waals surface area (Å²) < 4.78 is 0. The lowest BCUT2D eigenvalue weighted by atomic mass is 10.0. The molecule has 8 nitrogen and oxygen atoms in total. The van der Waals surface area contributed by atoms with Crippen LogP contribution in [-0.2, 0) is 19.2 Å². The zero-order chi connectivity index (χ0) is 15.7. The number of aliphatic carboxylic acids is 2. The number of hydrogen-bond acceptors (Lipinski definition) is 5. The molecule has 0 spiro atoms. The van der Waals surface area contributed by atoms with E-state index in [1.807, 2.05) is 0 Å². The van der Waals surface area contributed by atoms with Crippen LogP contribution in [0.1, 0.15) is 19.3 Å². The molecule has 2 atom stereocenters. The van der Waals surface area contributed by atoms with Gasteiger partial charge in [-0.15, -0.1) is 0 Å². The van der Waals surface area contributed by atoms with Crippen LogP contribution in [0, 0.1) is 5.92 Å². The molecule has 0 aliphatic rings. The summed E-state index contributed by atoms with van der Waals surface area (Å²) in [6.07, 6.45) is -0.773. The Kier molecular flexibility index (Phi) is 8.37. The van der Waals surface area contributed by atoms with Gasteiger partial charge in [0.2, 0.25) is 11.8 Å². The van der Waals surface area contributed by atoms with Crippen molar-refractivity contribution in [3.63, 3.8) is 0 Å². The summed E-state index contributed by atoms with van der Waals surface area (Å²) >= 11 is 3.89. The lowest BCUT2D eigenvalue weighted by Gasteiger charge is -2.19. The molecule has 0 fully saturated rings. The Labute approximate surface area is 121 Å². The molecule has 0 radical (unpaired) electrons. The molecular weight excluding hydrogens is 288 g/mol. The molecule has 0 aromatic rings. The van der Waals surface area contributed by atoms with E-state index in [9.17, 15) is 19.2 Å². The van der Waals surface area contributed by atoms with Crippen molar-refractivity contribution in [1.29, 1.82) is 0 Å². The number of carbonyl (C=O) groups excluding carboxylic acids is 2. The number of rotatable bonds is 9. The molecule has 0 aromatic heterocycles. The molecule has 9 heteroatoms. The highest BCUT2D eigenvalue weighted by Gasteiger charge is 2.26. The summed E-state index contributed by atoms with van der Waals surface area (Å²) in [5.41, 5.74) is 0. The third-order valence-electron chi connectivity index (χ3n) is 2.54. The largest absolute Gasteiger partial charge is 0.481 e. The molecule has 0 aliphatic heterocycles. The first kappa shape index (κ1) is 18.2. The van der Waals surface area contributed by atoms with Crippen LogP contribution in [0.2, 0.25) is 0 Å². The van der Waals surface area contributed by atoms with Crippen molar-refractivity contribution in [3.8, 4) is 0 Å². The average Bonchev–Trinajstić information content (AvgIpc) is 2.38. The van der Waals surface area contributed by atoms with Gasteiger partial charge in [-0.2, -0.15) is 12.6 Å². The van der Waals surface area contributed by atoms with Gasteiger partial charge in [0.15, 0.2) is 0 Å². The number of thiol groups is 1. The Morgan fingerprint density at radius 3 is 2.10 bits per heavy atom. The van der Waals surface area contributed by atoms with Crippen LogP contribution in [0.15, 0.2) is 0 Å². The lowest BCUT2D eigenvalue weighted by Crippen LogP contribution is -2.48. The second-order valence-corrected chi connectivity index (χ2v) is 4.45. The fraction of sp³-hybridized carbons (Fsp3) is 0.636. The summed E-state index contributed by atoms with van der Waals surface area (Å²) in [4.78, 5) is 44.5. The van der Waals surface area contributed by atoms with Gasteiger partial charge in [0.05, 0.1) is 12.3 Å². The van der Waals surface area contributed by atoms with Gasteiger partial charge in [-0.05, 0) is 6.42 Å². The second kappa shape index (κ2) is 9.18. The molecule has 4 N–H and O–H groups in total. The molecule has 0 aromatic carbocycles. The molecule has 114 valence electrons. The number of carboxylic acid groups (broad SMARTS) is 2. The third-order valence-corrected chi connectivity index (χ3v) is 2.98. The van der Waals surface area contributed by atoms with Crippen LogP contribution < -0.4 is 10.6 Å².